The van der Waals surface area contributed by atoms with E-state index in [0.29, 0.717) is 18.4 Å². The second kappa shape index (κ2) is 8.27. The molecule has 0 aromatic heterocycles. The number of alkyl halides is 3. The molecular weight excluding hydrogens is 445 g/mol. The molecule has 0 radical (unpaired) electrons. The molecule has 0 spiro atoms. The molecule has 10 heteroatoms. The van der Waals surface area contributed by atoms with Gasteiger partial charge in [-0.15, -0.1) is 0 Å². The first kappa shape index (κ1) is 23.3. The highest BCUT2D eigenvalue weighted by molar-refractivity contribution is 6.30. The van der Waals surface area contributed by atoms with Gasteiger partial charge in [-0.25, -0.2) is 8.78 Å². The number of halogens is 6. The third kappa shape index (κ3) is 5.65. The predicted molar refractivity (Wildman–Crippen MR) is 103 cm³/mol. The van der Waals surface area contributed by atoms with Gasteiger partial charge in [0.05, 0.1) is 17.5 Å². The van der Waals surface area contributed by atoms with Gasteiger partial charge in [0, 0.05) is 5.02 Å². The molecule has 168 valence electrons. The molecular formula is C21H19ClF5NO3. The molecule has 4 nitrogen and oxygen atoms in total. The molecule has 0 aliphatic heterocycles. The van der Waals surface area contributed by atoms with Crippen LogP contribution in [0.15, 0.2) is 36.4 Å². The molecule has 0 unspecified atom stereocenters. The van der Waals surface area contributed by atoms with Crippen LogP contribution in [0, 0.1) is 11.6 Å². The van der Waals surface area contributed by atoms with Crippen molar-refractivity contribution in [2.24, 2.45) is 0 Å². The van der Waals surface area contributed by atoms with Crippen LogP contribution in [0.4, 0.5) is 22.0 Å². The molecule has 2 N–H and O–H groups in total. The average molecular weight is 464 g/mol. The fourth-order valence-corrected chi connectivity index (χ4v) is 3.65. The van der Waals surface area contributed by atoms with Crippen molar-refractivity contribution in [3.05, 3.63) is 64.2 Å². The van der Waals surface area contributed by atoms with Crippen LogP contribution in [0.3, 0.4) is 0 Å². The minimum atomic E-state index is -4.53. The Kier molecular flexibility index (Phi) is 6.21. The Morgan fingerprint density at radius 1 is 1.19 bits per heavy atom. The van der Waals surface area contributed by atoms with Crippen LogP contribution >= 0.6 is 11.6 Å². The first-order valence-electron chi connectivity index (χ1n) is 9.30. The second-order valence-corrected chi connectivity index (χ2v) is 8.19. The van der Waals surface area contributed by atoms with E-state index in [9.17, 15) is 31.9 Å². The van der Waals surface area contributed by atoms with Gasteiger partial charge >= 0.3 is 6.18 Å². The maximum Gasteiger partial charge on any atom is 0.422 e. The zero-order valence-corrected chi connectivity index (χ0v) is 17.1. The Hall–Kier alpha value is -2.39. The number of nitrogens with one attached hydrogen (secondary N) is 1. The van der Waals surface area contributed by atoms with Crippen molar-refractivity contribution in [2.75, 3.05) is 6.61 Å². The lowest BCUT2D eigenvalue weighted by molar-refractivity contribution is -0.153. The third-order valence-electron chi connectivity index (χ3n) is 4.96. The van der Waals surface area contributed by atoms with E-state index in [1.54, 1.807) is 0 Å². The zero-order chi connectivity index (χ0) is 23.0. The Morgan fingerprint density at radius 2 is 1.81 bits per heavy atom. The first-order chi connectivity index (χ1) is 14.3. The fourth-order valence-electron chi connectivity index (χ4n) is 3.42. The van der Waals surface area contributed by atoms with Gasteiger partial charge in [-0.3, -0.25) is 4.79 Å². The second-order valence-electron chi connectivity index (χ2n) is 7.76. The monoisotopic (exact) mass is 463 g/mol. The van der Waals surface area contributed by atoms with Gasteiger partial charge in [-0.1, -0.05) is 17.7 Å². The minimum Gasteiger partial charge on any atom is -0.484 e. The summed E-state index contributed by atoms with van der Waals surface area (Å²) in [5.41, 5.74) is -3.23. The standard InChI is InChI=1S/C21H19ClF5NO3/c1-19(30,18-15(23)3-2-4-16(18)24)10-17(29)28-20(5-6-20)12-7-13(22)9-14(8-12)31-11-21(25,26)27/h2-4,7-9,30H,5-6,10-11H2,1H3,(H,28,29)/t19-/m0/s1. The van der Waals surface area contributed by atoms with Gasteiger partial charge in [0.25, 0.3) is 0 Å². The van der Waals surface area contributed by atoms with Crippen LogP contribution in [0.1, 0.15) is 37.3 Å². The summed E-state index contributed by atoms with van der Waals surface area (Å²) in [5.74, 6) is -2.77. The van der Waals surface area contributed by atoms with E-state index in [1.807, 2.05) is 0 Å². The smallest absolute Gasteiger partial charge is 0.422 e. The highest BCUT2D eigenvalue weighted by Gasteiger charge is 2.47. The summed E-state index contributed by atoms with van der Waals surface area (Å²) in [6, 6.07) is 7.15. The molecule has 31 heavy (non-hydrogen) atoms. The van der Waals surface area contributed by atoms with Crippen molar-refractivity contribution in [3.63, 3.8) is 0 Å². The SMILES string of the molecule is C[C@](O)(CC(=O)NC1(c2cc(Cl)cc(OCC(F)(F)F)c2)CC1)c1c(F)cccc1F. The Balaban J connectivity index is 1.75. The van der Waals surface area contributed by atoms with Gasteiger partial charge in [-0.2, -0.15) is 13.2 Å². The van der Waals surface area contributed by atoms with Crippen molar-refractivity contribution in [2.45, 2.75) is 43.5 Å². The zero-order valence-electron chi connectivity index (χ0n) is 16.3. The predicted octanol–water partition coefficient (Wildman–Crippen LogP) is 4.96. The number of hydrogen-bond acceptors (Lipinski definition) is 3. The van der Waals surface area contributed by atoms with Gasteiger partial charge in [0.15, 0.2) is 6.61 Å². The maximum absolute atomic E-state index is 14.0. The highest BCUT2D eigenvalue weighted by atomic mass is 35.5. The lowest BCUT2D eigenvalue weighted by Crippen LogP contribution is -2.39. The molecule has 2 aromatic rings. The number of aliphatic hydroxyl groups is 1. The number of ether oxygens (including phenoxy) is 1. The lowest BCUT2D eigenvalue weighted by Gasteiger charge is -2.26. The topological polar surface area (TPSA) is 58.6 Å². The molecule has 0 heterocycles. The van der Waals surface area contributed by atoms with Crippen molar-refractivity contribution in [1.82, 2.24) is 5.32 Å². The molecule has 1 fully saturated rings. The molecule has 1 aliphatic carbocycles. The number of carbonyl (C=O) groups is 1. The Bertz CT molecular complexity index is 969. The minimum absolute atomic E-state index is 0.110. The number of benzene rings is 2. The van der Waals surface area contributed by atoms with E-state index in [4.69, 9.17) is 16.3 Å². The van der Waals surface area contributed by atoms with Crippen LogP contribution in [0.5, 0.6) is 5.75 Å². The highest BCUT2D eigenvalue weighted by Crippen LogP contribution is 2.47. The average Bonchev–Trinajstić information content (AvgIpc) is 3.38. The van der Waals surface area contributed by atoms with Gasteiger partial charge in [0.2, 0.25) is 5.91 Å². The van der Waals surface area contributed by atoms with Crippen LogP contribution in [-0.4, -0.2) is 23.8 Å². The number of carbonyl (C=O) groups excluding carboxylic acids is 1. The van der Waals surface area contributed by atoms with E-state index in [2.05, 4.69) is 5.32 Å². The first-order valence-corrected chi connectivity index (χ1v) is 9.68. The molecule has 2 aromatic carbocycles. The fraction of sp³-hybridized carbons (Fsp3) is 0.381. The summed E-state index contributed by atoms with van der Waals surface area (Å²) in [6.45, 7) is -0.376. The van der Waals surface area contributed by atoms with Crippen molar-refractivity contribution >= 4 is 17.5 Å². The summed E-state index contributed by atoms with van der Waals surface area (Å²) in [5, 5.41) is 13.4. The molecule has 0 saturated heterocycles. The molecule has 0 bridgehead atoms. The van der Waals surface area contributed by atoms with E-state index in [-0.39, 0.29) is 10.8 Å². The quantitative estimate of drug-likeness (QED) is 0.570. The van der Waals surface area contributed by atoms with Crippen LogP contribution in [0.2, 0.25) is 5.02 Å². The summed E-state index contributed by atoms with van der Waals surface area (Å²) >= 11 is 5.99. The van der Waals surface area contributed by atoms with Gasteiger partial charge in [-0.05, 0) is 55.7 Å². The lowest BCUT2D eigenvalue weighted by atomic mass is 9.90. The van der Waals surface area contributed by atoms with Crippen molar-refractivity contribution in [3.8, 4) is 5.75 Å². The number of hydrogen-bond donors (Lipinski definition) is 2. The molecule has 1 aliphatic rings. The normalized spacial score (nSPS) is 17.0. The van der Waals surface area contributed by atoms with Crippen LogP contribution in [0.25, 0.3) is 0 Å². The van der Waals surface area contributed by atoms with E-state index < -0.39 is 53.4 Å². The summed E-state index contributed by atoms with van der Waals surface area (Å²) < 4.78 is 70.0. The molecule has 1 saturated carbocycles. The maximum atomic E-state index is 14.0. The van der Waals surface area contributed by atoms with Crippen LogP contribution in [-0.2, 0) is 15.9 Å². The largest absolute Gasteiger partial charge is 0.484 e. The summed E-state index contributed by atoms with van der Waals surface area (Å²) in [4.78, 5) is 12.6. The Labute approximate surface area is 180 Å². The van der Waals surface area contributed by atoms with Crippen molar-refractivity contribution in [1.29, 1.82) is 0 Å². The third-order valence-corrected chi connectivity index (χ3v) is 5.18. The van der Waals surface area contributed by atoms with E-state index in [1.165, 1.54) is 18.2 Å². The van der Waals surface area contributed by atoms with Gasteiger partial charge in [0.1, 0.15) is 23.0 Å². The van der Waals surface area contributed by atoms with Crippen LogP contribution < -0.4 is 10.1 Å². The number of rotatable bonds is 7. The molecule has 3 rings (SSSR count). The molecule has 1 atom stereocenters. The van der Waals surface area contributed by atoms with Crippen molar-refractivity contribution < 1.29 is 36.6 Å². The summed E-state index contributed by atoms with van der Waals surface area (Å²) in [7, 11) is 0. The Morgan fingerprint density at radius 3 is 2.35 bits per heavy atom. The summed E-state index contributed by atoms with van der Waals surface area (Å²) in [6.07, 6.45) is -4.23. The molecule has 1 amide bonds. The van der Waals surface area contributed by atoms with E-state index in [0.717, 1.165) is 25.1 Å². The number of amides is 1. The van der Waals surface area contributed by atoms with E-state index >= 15 is 0 Å². The van der Waals surface area contributed by atoms with Gasteiger partial charge < -0.3 is 15.2 Å².